The summed E-state index contributed by atoms with van der Waals surface area (Å²) in [6, 6.07) is 0.384. The lowest BCUT2D eigenvalue weighted by molar-refractivity contribution is -0.121. The number of rotatable bonds is 6. The van der Waals surface area contributed by atoms with Crippen molar-refractivity contribution in [2.75, 3.05) is 19.7 Å². The molecule has 0 aromatic carbocycles. The zero-order chi connectivity index (χ0) is 11.6. The lowest BCUT2D eigenvalue weighted by Crippen LogP contribution is -2.40. The standard InChI is InChI=1S/C12H24N2O2/c15-9-5-8-13-10-12(16)14-11-6-3-1-2-4-7-11/h11,13,15H,1-10H2,(H,14,16). The van der Waals surface area contributed by atoms with E-state index in [1.807, 2.05) is 0 Å². The highest BCUT2D eigenvalue weighted by atomic mass is 16.3. The maximum atomic E-state index is 11.6. The molecule has 1 aliphatic rings. The van der Waals surface area contributed by atoms with E-state index in [0.717, 1.165) is 12.8 Å². The summed E-state index contributed by atoms with van der Waals surface area (Å²) in [6.45, 7) is 1.25. The number of hydrogen-bond donors (Lipinski definition) is 3. The van der Waals surface area contributed by atoms with Gasteiger partial charge in [0.1, 0.15) is 0 Å². The Morgan fingerprint density at radius 2 is 1.88 bits per heavy atom. The van der Waals surface area contributed by atoms with Crippen LogP contribution in [0.1, 0.15) is 44.9 Å². The van der Waals surface area contributed by atoms with Gasteiger partial charge in [-0.15, -0.1) is 0 Å². The molecule has 0 atom stereocenters. The van der Waals surface area contributed by atoms with Gasteiger partial charge in [-0.25, -0.2) is 0 Å². The van der Waals surface area contributed by atoms with E-state index in [9.17, 15) is 4.79 Å². The summed E-state index contributed by atoms with van der Waals surface area (Å²) >= 11 is 0. The smallest absolute Gasteiger partial charge is 0.234 e. The average Bonchev–Trinajstić information content (AvgIpc) is 2.53. The van der Waals surface area contributed by atoms with Crippen LogP contribution >= 0.6 is 0 Å². The third kappa shape index (κ3) is 6.08. The first-order valence-electron chi connectivity index (χ1n) is 6.44. The van der Waals surface area contributed by atoms with Gasteiger partial charge in [-0.2, -0.15) is 0 Å². The Hall–Kier alpha value is -0.610. The lowest BCUT2D eigenvalue weighted by atomic mass is 10.1. The minimum absolute atomic E-state index is 0.0878. The van der Waals surface area contributed by atoms with Crippen LogP contribution in [-0.2, 0) is 4.79 Å². The summed E-state index contributed by atoms with van der Waals surface area (Å²) in [5.74, 6) is 0.0878. The quantitative estimate of drug-likeness (QED) is 0.465. The number of carbonyl (C=O) groups is 1. The summed E-state index contributed by atoms with van der Waals surface area (Å²) in [4.78, 5) is 11.6. The van der Waals surface area contributed by atoms with Gasteiger partial charge >= 0.3 is 0 Å². The predicted molar refractivity (Wildman–Crippen MR) is 64.2 cm³/mol. The van der Waals surface area contributed by atoms with E-state index in [2.05, 4.69) is 10.6 Å². The molecule has 0 saturated heterocycles. The molecule has 1 rings (SSSR count). The normalized spacial score (nSPS) is 18.1. The van der Waals surface area contributed by atoms with Crippen molar-refractivity contribution in [3.05, 3.63) is 0 Å². The molecule has 0 aliphatic heterocycles. The van der Waals surface area contributed by atoms with Crippen molar-refractivity contribution >= 4 is 5.91 Å². The Labute approximate surface area is 97.8 Å². The molecular weight excluding hydrogens is 204 g/mol. The van der Waals surface area contributed by atoms with Crippen LogP contribution in [0.4, 0.5) is 0 Å². The van der Waals surface area contributed by atoms with Crippen LogP contribution < -0.4 is 10.6 Å². The van der Waals surface area contributed by atoms with Crippen molar-refractivity contribution in [1.29, 1.82) is 0 Å². The summed E-state index contributed by atoms with van der Waals surface area (Å²) in [6.07, 6.45) is 8.05. The van der Waals surface area contributed by atoms with E-state index in [0.29, 0.717) is 25.6 Å². The molecule has 0 heterocycles. The molecule has 1 amide bonds. The molecular formula is C12H24N2O2. The zero-order valence-corrected chi connectivity index (χ0v) is 10.0. The second-order valence-electron chi connectivity index (χ2n) is 4.51. The Morgan fingerprint density at radius 3 is 2.50 bits per heavy atom. The summed E-state index contributed by atoms with van der Waals surface area (Å²) in [7, 11) is 0. The van der Waals surface area contributed by atoms with E-state index in [1.165, 1.54) is 25.7 Å². The highest BCUT2D eigenvalue weighted by Gasteiger charge is 2.13. The largest absolute Gasteiger partial charge is 0.396 e. The van der Waals surface area contributed by atoms with Gasteiger partial charge in [0.15, 0.2) is 0 Å². The van der Waals surface area contributed by atoms with Gasteiger partial charge in [0.05, 0.1) is 6.54 Å². The molecule has 3 N–H and O–H groups in total. The molecule has 0 radical (unpaired) electrons. The molecule has 0 spiro atoms. The number of hydrogen-bond acceptors (Lipinski definition) is 3. The summed E-state index contributed by atoms with van der Waals surface area (Å²) in [5.41, 5.74) is 0. The van der Waals surface area contributed by atoms with Gasteiger partial charge in [-0.1, -0.05) is 25.7 Å². The van der Waals surface area contributed by atoms with Crippen LogP contribution in [0.2, 0.25) is 0 Å². The monoisotopic (exact) mass is 228 g/mol. The number of carbonyl (C=O) groups excluding carboxylic acids is 1. The van der Waals surface area contributed by atoms with Crippen molar-refractivity contribution in [1.82, 2.24) is 10.6 Å². The average molecular weight is 228 g/mol. The maximum Gasteiger partial charge on any atom is 0.234 e. The third-order valence-electron chi connectivity index (χ3n) is 3.02. The van der Waals surface area contributed by atoms with E-state index >= 15 is 0 Å². The Morgan fingerprint density at radius 1 is 1.19 bits per heavy atom. The van der Waals surface area contributed by atoms with E-state index in [-0.39, 0.29) is 12.5 Å². The molecule has 1 fully saturated rings. The summed E-state index contributed by atoms with van der Waals surface area (Å²) in [5, 5.41) is 14.7. The van der Waals surface area contributed by atoms with E-state index < -0.39 is 0 Å². The molecule has 94 valence electrons. The molecule has 16 heavy (non-hydrogen) atoms. The SMILES string of the molecule is O=C(CNCCCO)NC1CCCCCC1. The number of nitrogens with one attached hydrogen (secondary N) is 2. The minimum Gasteiger partial charge on any atom is -0.396 e. The van der Waals surface area contributed by atoms with Crippen molar-refractivity contribution in [2.45, 2.75) is 51.0 Å². The first kappa shape index (κ1) is 13.5. The second kappa shape index (κ2) is 8.53. The fourth-order valence-electron chi connectivity index (χ4n) is 2.11. The topological polar surface area (TPSA) is 61.4 Å². The fraction of sp³-hybridized carbons (Fsp3) is 0.917. The van der Waals surface area contributed by atoms with Crippen molar-refractivity contribution in [3.63, 3.8) is 0 Å². The Kier molecular flexibility index (Phi) is 7.17. The van der Waals surface area contributed by atoms with Gasteiger partial charge < -0.3 is 15.7 Å². The van der Waals surface area contributed by atoms with E-state index in [4.69, 9.17) is 5.11 Å². The molecule has 0 aromatic heterocycles. The van der Waals surface area contributed by atoms with Gasteiger partial charge in [0.2, 0.25) is 5.91 Å². The highest BCUT2D eigenvalue weighted by molar-refractivity contribution is 5.78. The molecule has 0 bridgehead atoms. The molecule has 4 nitrogen and oxygen atoms in total. The zero-order valence-electron chi connectivity index (χ0n) is 10.0. The minimum atomic E-state index is 0.0878. The molecule has 0 aromatic rings. The fourth-order valence-corrected chi connectivity index (χ4v) is 2.11. The lowest BCUT2D eigenvalue weighted by Gasteiger charge is -2.16. The predicted octanol–water partition coefficient (Wildman–Crippen LogP) is 0.797. The van der Waals surface area contributed by atoms with Crippen molar-refractivity contribution < 1.29 is 9.90 Å². The van der Waals surface area contributed by atoms with Crippen molar-refractivity contribution in [3.8, 4) is 0 Å². The van der Waals surface area contributed by atoms with Crippen LogP contribution in [-0.4, -0.2) is 36.8 Å². The number of aliphatic hydroxyl groups excluding tert-OH is 1. The Bertz CT molecular complexity index is 189. The maximum absolute atomic E-state index is 11.6. The summed E-state index contributed by atoms with van der Waals surface area (Å²) < 4.78 is 0. The van der Waals surface area contributed by atoms with Gasteiger partial charge in [0, 0.05) is 12.6 Å². The van der Waals surface area contributed by atoms with Crippen LogP contribution in [0.15, 0.2) is 0 Å². The van der Waals surface area contributed by atoms with Crippen LogP contribution in [0.5, 0.6) is 0 Å². The third-order valence-corrected chi connectivity index (χ3v) is 3.02. The Balaban J connectivity index is 2.07. The molecule has 1 aliphatic carbocycles. The van der Waals surface area contributed by atoms with Gasteiger partial charge in [-0.3, -0.25) is 4.79 Å². The number of aliphatic hydroxyl groups is 1. The highest BCUT2D eigenvalue weighted by Crippen LogP contribution is 2.16. The van der Waals surface area contributed by atoms with Crippen LogP contribution in [0.3, 0.4) is 0 Å². The molecule has 4 heteroatoms. The van der Waals surface area contributed by atoms with Gasteiger partial charge in [0.25, 0.3) is 0 Å². The number of amides is 1. The van der Waals surface area contributed by atoms with Crippen LogP contribution in [0.25, 0.3) is 0 Å². The van der Waals surface area contributed by atoms with Gasteiger partial charge in [-0.05, 0) is 25.8 Å². The van der Waals surface area contributed by atoms with Crippen molar-refractivity contribution in [2.24, 2.45) is 0 Å². The second-order valence-corrected chi connectivity index (χ2v) is 4.51. The van der Waals surface area contributed by atoms with E-state index in [1.54, 1.807) is 0 Å². The molecule has 0 unspecified atom stereocenters. The molecule has 1 saturated carbocycles. The first-order chi connectivity index (χ1) is 7.83. The first-order valence-corrected chi connectivity index (χ1v) is 6.44. The van der Waals surface area contributed by atoms with Crippen LogP contribution in [0, 0.1) is 0 Å².